The number of methoxy groups -OCH3 is 1. The highest BCUT2D eigenvalue weighted by molar-refractivity contribution is 7.89. The molecule has 1 fully saturated rings. The molecule has 1 heterocycles. The second-order valence-electron chi connectivity index (χ2n) is 5.67. The number of halogens is 1. The second kappa shape index (κ2) is 6.94. The smallest absolute Gasteiger partial charge is 0.339 e. The van der Waals surface area contributed by atoms with E-state index in [9.17, 15) is 17.6 Å². The lowest BCUT2D eigenvalue weighted by molar-refractivity contribution is 0.0596. The van der Waals surface area contributed by atoms with E-state index in [0.717, 1.165) is 31.7 Å². The number of nitrogens with zero attached hydrogens (tertiary/aromatic N) is 1. The normalized spacial score (nSPS) is 21.0. The average molecular weight is 344 g/mol. The van der Waals surface area contributed by atoms with E-state index in [4.69, 9.17) is 5.73 Å². The van der Waals surface area contributed by atoms with Crippen molar-refractivity contribution in [1.29, 1.82) is 0 Å². The Morgan fingerprint density at radius 2 is 2.13 bits per heavy atom. The van der Waals surface area contributed by atoms with Gasteiger partial charge in [0.2, 0.25) is 10.0 Å². The van der Waals surface area contributed by atoms with Crippen LogP contribution >= 0.6 is 0 Å². The van der Waals surface area contributed by atoms with E-state index in [2.05, 4.69) is 4.74 Å². The van der Waals surface area contributed by atoms with Gasteiger partial charge in [0.25, 0.3) is 0 Å². The summed E-state index contributed by atoms with van der Waals surface area (Å²) in [6, 6.07) is 2.28. The van der Waals surface area contributed by atoms with Crippen LogP contribution in [-0.4, -0.2) is 44.4 Å². The first-order valence-electron chi connectivity index (χ1n) is 7.44. The van der Waals surface area contributed by atoms with Gasteiger partial charge in [0.1, 0.15) is 5.82 Å². The van der Waals surface area contributed by atoms with Gasteiger partial charge in [-0.1, -0.05) is 6.42 Å². The van der Waals surface area contributed by atoms with Gasteiger partial charge in [-0.15, -0.1) is 0 Å². The fraction of sp³-hybridized carbons (Fsp3) is 0.533. The molecule has 8 heteroatoms. The minimum Gasteiger partial charge on any atom is -0.465 e. The molecule has 2 N–H and O–H groups in total. The molecule has 128 valence electrons. The van der Waals surface area contributed by atoms with Crippen molar-refractivity contribution < 1.29 is 22.3 Å². The summed E-state index contributed by atoms with van der Waals surface area (Å²) in [6.07, 6.45) is 2.22. The van der Waals surface area contributed by atoms with Crippen LogP contribution in [0.15, 0.2) is 23.1 Å². The first kappa shape index (κ1) is 17.8. The predicted octanol–water partition coefficient (Wildman–Crippen LogP) is 1.50. The minimum absolute atomic E-state index is 0.178. The highest BCUT2D eigenvalue weighted by Crippen LogP contribution is 2.29. The molecule has 1 aliphatic heterocycles. The van der Waals surface area contributed by atoms with E-state index < -0.39 is 21.8 Å². The number of hydrogen-bond acceptors (Lipinski definition) is 5. The molecule has 6 nitrogen and oxygen atoms in total. The predicted molar refractivity (Wildman–Crippen MR) is 82.9 cm³/mol. The summed E-state index contributed by atoms with van der Waals surface area (Å²) in [4.78, 5) is 11.5. The molecule has 0 aliphatic carbocycles. The summed E-state index contributed by atoms with van der Waals surface area (Å²) in [5.74, 6) is -1.55. The molecule has 0 spiro atoms. The Balaban J connectivity index is 2.54. The molecule has 1 aromatic carbocycles. The van der Waals surface area contributed by atoms with Gasteiger partial charge in [-0.25, -0.2) is 17.6 Å². The van der Waals surface area contributed by atoms with Crippen molar-refractivity contribution in [3.05, 3.63) is 29.6 Å². The zero-order chi connectivity index (χ0) is 17.2. The van der Waals surface area contributed by atoms with Crippen LogP contribution in [0.1, 0.15) is 36.5 Å². The van der Waals surface area contributed by atoms with Crippen molar-refractivity contribution in [3.8, 4) is 0 Å². The highest BCUT2D eigenvalue weighted by atomic mass is 32.2. The van der Waals surface area contributed by atoms with Crippen molar-refractivity contribution in [2.24, 2.45) is 5.73 Å². The van der Waals surface area contributed by atoms with E-state index in [1.807, 2.05) is 0 Å². The molecule has 1 aliphatic rings. The molecule has 0 aromatic heterocycles. The molecule has 2 rings (SSSR count). The number of rotatable bonds is 4. The molecule has 2 atom stereocenters. The van der Waals surface area contributed by atoms with E-state index >= 15 is 0 Å². The zero-order valence-electron chi connectivity index (χ0n) is 13.2. The van der Waals surface area contributed by atoms with Gasteiger partial charge in [-0.05, 0) is 38.0 Å². The summed E-state index contributed by atoms with van der Waals surface area (Å²) in [7, 11) is -2.91. The number of piperidine rings is 1. The van der Waals surface area contributed by atoms with E-state index in [0.29, 0.717) is 19.4 Å². The van der Waals surface area contributed by atoms with Crippen LogP contribution in [0.25, 0.3) is 0 Å². The summed E-state index contributed by atoms with van der Waals surface area (Å²) in [5, 5.41) is 0. The Hall–Kier alpha value is -1.51. The molecular weight excluding hydrogens is 323 g/mol. The van der Waals surface area contributed by atoms with Crippen molar-refractivity contribution in [2.75, 3.05) is 13.7 Å². The van der Waals surface area contributed by atoms with Crippen LogP contribution in [0.3, 0.4) is 0 Å². The number of ether oxygens (including phenoxy) is 1. The monoisotopic (exact) mass is 344 g/mol. The number of nitrogens with two attached hydrogens (primary N) is 1. The van der Waals surface area contributed by atoms with Crippen LogP contribution in [0, 0.1) is 5.82 Å². The first-order valence-corrected chi connectivity index (χ1v) is 8.88. The summed E-state index contributed by atoms with van der Waals surface area (Å²) < 4.78 is 45.5. The van der Waals surface area contributed by atoms with Crippen molar-refractivity contribution in [3.63, 3.8) is 0 Å². The second-order valence-corrected chi connectivity index (χ2v) is 7.53. The van der Waals surface area contributed by atoms with Crippen LogP contribution in [0.4, 0.5) is 4.39 Å². The topological polar surface area (TPSA) is 89.7 Å². The lowest BCUT2D eigenvalue weighted by atomic mass is 10.00. The van der Waals surface area contributed by atoms with Crippen LogP contribution in [0.5, 0.6) is 0 Å². The average Bonchev–Trinajstić information content (AvgIpc) is 2.54. The quantitative estimate of drug-likeness (QED) is 0.836. The number of benzene rings is 1. The third-order valence-electron chi connectivity index (χ3n) is 4.04. The van der Waals surface area contributed by atoms with Gasteiger partial charge >= 0.3 is 5.97 Å². The van der Waals surface area contributed by atoms with Gasteiger partial charge in [0.15, 0.2) is 0 Å². The zero-order valence-corrected chi connectivity index (χ0v) is 14.0. The van der Waals surface area contributed by atoms with Gasteiger partial charge in [0, 0.05) is 18.6 Å². The van der Waals surface area contributed by atoms with Gasteiger partial charge in [0.05, 0.1) is 17.6 Å². The number of esters is 1. The Labute approximate surface area is 135 Å². The maximum Gasteiger partial charge on any atom is 0.339 e. The van der Waals surface area contributed by atoms with Crippen LogP contribution < -0.4 is 5.73 Å². The highest BCUT2D eigenvalue weighted by Gasteiger charge is 2.37. The Bertz CT molecular complexity index is 691. The largest absolute Gasteiger partial charge is 0.465 e. The number of carbonyl (C=O) groups excluding carboxylic acids is 1. The minimum atomic E-state index is -4.05. The van der Waals surface area contributed by atoms with Crippen LogP contribution in [-0.2, 0) is 14.8 Å². The maximum absolute atomic E-state index is 13.6. The Morgan fingerprint density at radius 1 is 1.43 bits per heavy atom. The molecule has 23 heavy (non-hydrogen) atoms. The molecule has 0 saturated carbocycles. The van der Waals surface area contributed by atoms with E-state index in [-0.39, 0.29) is 22.5 Å². The summed E-state index contributed by atoms with van der Waals surface area (Å²) in [6.45, 7) is 2.04. The lowest BCUT2D eigenvalue weighted by Crippen LogP contribution is -2.51. The van der Waals surface area contributed by atoms with Crippen LogP contribution in [0.2, 0.25) is 0 Å². The molecule has 0 bridgehead atoms. The fourth-order valence-corrected chi connectivity index (χ4v) is 4.84. The van der Waals surface area contributed by atoms with Crippen molar-refractivity contribution in [2.45, 2.75) is 43.2 Å². The molecule has 1 saturated heterocycles. The van der Waals surface area contributed by atoms with E-state index in [1.54, 1.807) is 6.92 Å². The lowest BCUT2D eigenvalue weighted by Gasteiger charge is -2.37. The van der Waals surface area contributed by atoms with Gasteiger partial charge in [-0.3, -0.25) is 0 Å². The van der Waals surface area contributed by atoms with E-state index in [1.165, 1.54) is 4.31 Å². The molecular formula is C15H21FN2O4S. The fourth-order valence-electron chi connectivity index (χ4n) is 2.87. The van der Waals surface area contributed by atoms with Gasteiger partial charge < -0.3 is 10.5 Å². The first-order chi connectivity index (χ1) is 10.8. The van der Waals surface area contributed by atoms with Gasteiger partial charge in [-0.2, -0.15) is 4.31 Å². The standard InChI is InChI=1S/C15H21FN2O4S/c1-10(17)13-5-3-4-8-18(13)23(20,21)14-9-11(16)6-7-12(14)15(19)22-2/h6-7,9-10,13H,3-5,8,17H2,1-2H3. The number of carbonyl (C=O) groups is 1. The third kappa shape index (κ3) is 3.54. The SMILES string of the molecule is COC(=O)c1ccc(F)cc1S(=O)(=O)N1CCCCC1C(C)N. The molecule has 1 aromatic rings. The maximum atomic E-state index is 13.6. The summed E-state index contributed by atoms with van der Waals surface area (Å²) in [5.41, 5.74) is 5.74. The Kier molecular flexibility index (Phi) is 5.38. The molecule has 0 radical (unpaired) electrons. The van der Waals surface area contributed by atoms with Crippen molar-refractivity contribution in [1.82, 2.24) is 4.31 Å². The summed E-state index contributed by atoms with van der Waals surface area (Å²) >= 11 is 0. The number of hydrogen-bond donors (Lipinski definition) is 1. The molecule has 2 unspecified atom stereocenters. The Morgan fingerprint density at radius 3 is 2.74 bits per heavy atom. The van der Waals surface area contributed by atoms with Crippen molar-refractivity contribution >= 4 is 16.0 Å². The third-order valence-corrected chi connectivity index (χ3v) is 6.01. The molecule has 0 amide bonds. The number of sulfonamides is 1.